The average Bonchev–Trinajstić information content (AvgIpc) is 2.79. The van der Waals surface area contributed by atoms with E-state index in [1.807, 2.05) is 0 Å². The highest BCUT2D eigenvalue weighted by Gasteiger charge is 2.16. The van der Waals surface area contributed by atoms with Crippen LogP contribution in [-0.4, -0.2) is 45.7 Å². The minimum Gasteiger partial charge on any atom is -0.382 e. The molecule has 2 atom stereocenters. The molecule has 1 aliphatic heterocycles. The van der Waals surface area contributed by atoms with E-state index in [9.17, 15) is 0 Å². The van der Waals surface area contributed by atoms with E-state index in [0.717, 1.165) is 32.5 Å². The van der Waals surface area contributed by atoms with Crippen LogP contribution in [0.25, 0.3) is 0 Å². The highest BCUT2D eigenvalue weighted by Crippen LogP contribution is 2.17. The van der Waals surface area contributed by atoms with Crippen LogP contribution in [0.3, 0.4) is 0 Å². The van der Waals surface area contributed by atoms with Gasteiger partial charge in [-0.3, -0.25) is 0 Å². The summed E-state index contributed by atoms with van der Waals surface area (Å²) in [5.41, 5.74) is 6.00. The van der Waals surface area contributed by atoms with Crippen LogP contribution >= 0.6 is 0 Å². The topological polar surface area (TPSA) is 53.7 Å². The van der Waals surface area contributed by atoms with E-state index in [2.05, 4.69) is 0 Å². The first-order valence-corrected chi connectivity index (χ1v) is 6.26. The number of rotatable bonds is 9. The lowest BCUT2D eigenvalue weighted by Gasteiger charge is -2.14. The first kappa shape index (κ1) is 13.9. The third-order valence-electron chi connectivity index (χ3n) is 2.95. The Kier molecular flexibility index (Phi) is 7.76. The fraction of sp³-hybridized carbons (Fsp3) is 1.00. The van der Waals surface area contributed by atoms with E-state index in [4.69, 9.17) is 19.9 Å². The second-order valence-corrected chi connectivity index (χ2v) is 4.37. The summed E-state index contributed by atoms with van der Waals surface area (Å²) in [4.78, 5) is 0. The zero-order chi connectivity index (χ0) is 11.6. The van der Waals surface area contributed by atoms with Crippen LogP contribution in [0, 0.1) is 0 Å². The minimum atomic E-state index is 0.242. The Bertz CT molecular complexity index is 160. The Balaban J connectivity index is 1.87. The van der Waals surface area contributed by atoms with Crippen LogP contribution in [0.4, 0.5) is 0 Å². The molecule has 0 aromatic heterocycles. The predicted octanol–water partition coefficient (Wildman–Crippen LogP) is 1.33. The second kappa shape index (κ2) is 8.93. The summed E-state index contributed by atoms with van der Waals surface area (Å²) >= 11 is 0. The van der Waals surface area contributed by atoms with E-state index in [0.29, 0.717) is 19.3 Å². The van der Waals surface area contributed by atoms with Crippen molar-refractivity contribution in [2.45, 2.75) is 44.2 Å². The van der Waals surface area contributed by atoms with Crippen molar-refractivity contribution in [1.29, 1.82) is 0 Å². The molecule has 4 heteroatoms. The van der Waals surface area contributed by atoms with Crippen molar-refractivity contribution in [2.75, 3.05) is 33.5 Å². The van der Waals surface area contributed by atoms with Crippen molar-refractivity contribution < 1.29 is 14.2 Å². The summed E-state index contributed by atoms with van der Waals surface area (Å²) in [6, 6.07) is 0.242. The summed E-state index contributed by atoms with van der Waals surface area (Å²) < 4.78 is 15.8. The van der Waals surface area contributed by atoms with Gasteiger partial charge in [0.1, 0.15) is 0 Å². The molecule has 0 amide bonds. The predicted molar refractivity (Wildman–Crippen MR) is 63.5 cm³/mol. The van der Waals surface area contributed by atoms with Crippen LogP contribution < -0.4 is 5.73 Å². The van der Waals surface area contributed by atoms with Gasteiger partial charge in [0.05, 0.1) is 19.3 Å². The third-order valence-corrected chi connectivity index (χ3v) is 2.95. The summed E-state index contributed by atoms with van der Waals surface area (Å²) in [7, 11) is 1.68. The molecule has 96 valence electrons. The third kappa shape index (κ3) is 6.43. The molecule has 0 saturated carbocycles. The molecule has 2 N–H and O–H groups in total. The van der Waals surface area contributed by atoms with Crippen molar-refractivity contribution in [3.8, 4) is 0 Å². The van der Waals surface area contributed by atoms with Crippen molar-refractivity contribution in [1.82, 2.24) is 0 Å². The van der Waals surface area contributed by atoms with Gasteiger partial charge in [-0.05, 0) is 32.1 Å². The number of ether oxygens (including phenoxy) is 3. The van der Waals surface area contributed by atoms with E-state index in [-0.39, 0.29) is 6.04 Å². The lowest BCUT2D eigenvalue weighted by atomic mass is 10.0. The Labute approximate surface area is 98.4 Å². The largest absolute Gasteiger partial charge is 0.382 e. The summed E-state index contributed by atoms with van der Waals surface area (Å²) in [6.45, 7) is 2.98. The lowest BCUT2D eigenvalue weighted by Crippen LogP contribution is -2.24. The van der Waals surface area contributed by atoms with Crippen LogP contribution in [0.15, 0.2) is 0 Å². The molecule has 1 heterocycles. The van der Waals surface area contributed by atoms with Gasteiger partial charge in [0.2, 0.25) is 0 Å². The minimum absolute atomic E-state index is 0.242. The SMILES string of the molecule is COCCOCCC(N)CCC1CCCO1. The molecule has 1 aliphatic rings. The van der Waals surface area contributed by atoms with Gasteiger partial charge >= 0.3 is 0 Å². The lowest BCUT2D eigenvalue weighted by molar-refractivity contribution is 0.0650. The van der Waals surface area contributed by atoms with Gasteiger partial charge in [-0.2, -0.15) is 0 Å². The zero-order valence-corrected chi connectivity index (χ0v) is 10.3. The molecular formula is C12H25NO3. The number of hydrogen-bond acceptors (Lipinski definition) is 4. The summed E-state index contributed by atoms with van der Waals surface area (Å²) in [5.74, 6) is 0. The van der Waals surface area contributed by atoms with Crippen molar-refractivity contribution in [2.24, 2.45) is 5.73 Å². The molecule has 1 fully saturated rings. The number of hydrogen-bond donors (Lipinski definition) is 1. The fourth-order valence-electron chi connectivity index (χ4n) is 1.90. The quantitative estimate of drug-likeness (QED) is 0.608. The Hall–Kier alpha value is -0.160. The average molecular weight is 231 g/mol. The molecule has 0 aliphatic carbocycles. The summed E-state index contributed by atoms with van der Waals surface area (Å²) in [6.07, 6.45) is 5.94. The maximum Gasteiger partial charge on any atom is 0.0700 e. The Morgan fingerprint density at radius 3 is 2.88 bits per heavy atom. The van der Waals surface area contributed by atoms with Gasteiger partial charge < -0.3 is 19.9 Å². The van der Waals surface area contributed by atoms with E-state index in [1.165, 1.54) is 12.8 Å². The normalized spacial score (nSPS) is 22.5. The van der Waals surface area contributed by atoms with Gasteiger partial charge in [0, 0.05) is 26.4 Å². The molecule has 1 saturated heterocycles. The number of nitrogens with two attached hydrogens (primary N) is 1. The smallest absolute Gasteiger partial charge is 0.0700 e. The first-order chi connectivity index (χ1) is 7.83. The first-order valence-electron chi connectivity index (χ1n) is 6.26. The molecule has 0 aromatic carbocycles. The number of methoxy groups -OCH3 is 1. The molecule has 0 aromatic rings. The fourth-order valence-corrected chi connectivity index (χ4v) is 1.90. The monoisotopic (exact) mass is 231 g/mol. The van der Waals surface area contributed by atoms with Gasteiger partial charge in [-0.25, -0.2) is 0 Å². The van der Waals surface area contributed by atoms with E-state index >= 15 is 0 Å². The highest BCUT2D eigenvalue weighted by molar-refractivity contribution is 4.69. The maximum atomic E-state index is 6.00. The van der Waals surface area contributed by atoms with Crippen LogP contribution in [0.5, 0.6) is 0 Å². The Morgan fingerprint density at radius 2 is 2.19 bits per heavy atom. The molecule has 4 nitrogen and oxygen atoms in total. The molecule has 0 radical (unpaired) electrons. The molecule has 0 spiro atoms. The van der Waals surface area contributed by atoms with Crippen molar-refractivity contribution in [3.05, 3.63) is 0 Å². The van der Waals surface area contributed by atoms with Gasteiger partial charge in [0.25, 0.3) is 0 Å². The second-order valence-electron chi connectivity index (χ2n) is 4.37. The zero-order valence-electron chi connectivity index (χ0n) is 10.3. The molecule has 16 heavy (non-hydrogen) atoms. The maximum absolute atomic E-state index is 6.00. The molecule has 0 bridgehead atoms. The standard InChI is InChI=1S/C12H25NO3/c1-14-9-10-15-8-6-11(13)4-5-12-3-2-7-16-12/h11-12H,2-10,13H2,1H3. The van der Waals surface area contributed by atoms with Crippen LogP contribution in [-0.2, 0) is 14.2 Å². The summed E-state index contributed by atoms with van der Waals surface area (Å²) in [5, 5.41) is 0. The van der Waals surface area contributed by atoms with Crippen molar-refractivity contribution >= 4 is 0 Å². The van der Waals surface area contributed by atoms with Crippen LogP contribution in [0.2, 0.25) is 0 Å². The molecular weight excluding hydrogens is 206 g/mol. The van der Waals surface area contributed by atoms with Gasteiger partial charge in [-0.1, -0.05) is 0 Å². The van der Waals surface area contributed by atoms with Gasteiger partial charge in [-0.15, -0.1) is 0 Å². The molecule has 1 rings (SSSR count). The Morgan fingerprint density at radius 1 is 1.31 bits per heavy atom. The van der Waals surface area contributed by atoms with Gasteiger partial charge in [0.15, 0.2) is 0 Å². The molecule has 2 unspecified atom stereocenters. The van der Waals surface area contributed by atoms with Crippen molar-refractivity contribution in [3.63, 3.8) is 0 Å². The van der Waals surface area contributed by atoms with Crippen LogP contribution in [0.1, 0.15) is 32.1 Å². The highest BCUT2D eigenvalue weighted by atomic mass is 16.5. The van der Waals surface area contributed by atoms with E-state index < -0.39 is 0 Å². The van der Waals surface area contributed by atoms with E-state index in [1.54, 1.807) is 7.11 Å².